The molecule has 1 saturated carbocycles. The van der Waals surface area contributed by atoms with Crippen molar-refractivity contribution in [1.82, 2.24) is 4.90 Å². The molecule has 0 saturated heterocycles. The van der Waals surface area contributed by atoms with Gasteiger partial charge >= 0.3 is 0 Å². The van der Waals surface area contributed by atoms with Crippen molar-refractivity contribution in [2.45, 2.75) is 78.9 Å². The van der Waals surface area contributed by atoms with Gasteiger partial charge in [-0.25, -0.2) is 0 Å². The molecule has 1 aliphatic rings. The van der Waals surface area contributed by atoms with Crippen LogP contribution in [-0.2, 0) is 4.74 Å². The average molecular weight is 334 g/mol. The van der Waals surface area contributed by atoms with E-state index in [1.165, 1.54) is 37.8 Å². The molecule has 1 aliphatic carbocycles. The Labute approximate surface area is 150 Å². The van der Waals surface area contributed by atoms with Gasteiger partial charge in [-0.05, 0) is 51.1 Å². The minimum Gasteiger partial charge on any atom is -0.376 e. The molecule has 2 nitrogen and oxygen atoms in total. The van der Waals surface area contributed by atoms with Crippen molar-refractivity contribution in [3.63, 3.8) is 0 Å². The number of hydrogen-bond donors (Lipinski definition) is 0. The number of likely N-dealkylation sites (N-methyl/N-ethyl adjacent to an activating group) is 1. The summed E-state index contributed by atoms with van der Waals surface area (Å²) in [5, 5.41) is 0. The molecule has 0 spiro atoms. The molecule has 0 aliphatic heterocycles. The lowest BCUT2D eigenvalue weighted by molar-refractivity contribution is -0.0366. The fourth-order valence-corrected chi connectivity index (χ4v) is 3.64. The Balaban J connectivity index is 2.59. The summed E-state index contributed by atoms with van der Waals surface area (Å²) in [5.41, 5.74) is 1.34. The number of nitrogens with zero attached hydrogens (tertiary/aromatic N) is 1. The molecular formula is C22H39NO. The van der Waals surface area contributed by atoms with Gasteiger partial charge in [0.15, 0.2) is 0 Å². The summed E-state index contributed by atoms with van der Waals surface area (Å²) >= 11 is 0. The maximum Gasteiger partial charge on any atom is 0.0730 e. The molecule has 0 bridgehead atoms. The topological polar surface area (TPSA) is 12.5 Å². The van der Waals surface area contributed by atoms with E-state index in [0.717, 1.165) is 25.5 Å². The van der Waals surface area contributed by atoms with Crippen molar-refractivity contribution >= 4 is 0 Å². The highest BCUT2D eigenvalue weighted by molar-refractivity contribution is 5.23. The third-order valence-corrected chi connectivity index (χ3v) is 4.75. The van der Waals surface area contributed by atoms with Gasteiger partial charge in [-0.3, -0.25) is 4.90 Å². The Bertz CT molecular complexity index is 408. The van der Waals surface area contributed by atoms with Crippen LogP contribution >= 0.6 is 0 Å². The maximum absolute atomic E-state index is 6.38. The summed E-state index contributed by atoms with van der Waals surface area (Å²) in [6, 6.07) is 0.607. The highest BCUT2D eigenvalue weighted by atomic mass is 16.5. The van der Waals surface area contributed by atoms with E-state index >= 15 is 0 Å². The van der Waals surface area contributed by atoms with E-state index in [1.54, 1.807) is 0 Å². The molecule has 2 heteroatoms. The summed E-state index contributed by atoms with van der Waals surface area (Å²) in [5.74, 6) is 0.720. The Morgan fingerprint density at radius 1 is 1.17 bits per heavy atom. The predicted molar refractivity (Wildman–Crippen MR) is 106 cm³/mol. The van der Waals surface area contributed by atoms with Crippen LogP contribution in [0.1, 0.15) is 66.7 Å². The van der Waals surface area contributed by atoms with Crippen molar-refractivity contribution in [2.24, 2.45) is 5.92 Å². The van der Waals surface area contributed by atoms with Crippen LogP contribution < -0.4 is 0 Å². The number of hydrogen-bond acceptors (Lipinski definition) is 2. The molecule has 2 unspecified atom stereocenters. The molecule has 0 aromatic carbocycles. The Hall–Kier alpha value is -0.860. The van der Waals surface area contributed by atoms with E-state index in [0.29, 0.717) is 12.1 Å². The van der Waals surface area contributed by atoms with Gasteiger partial charge in [0.1, 0.15) is 0 Å². The summed E-state index contributed by atoms with van der Waals surface area (Å²) < 4.78 is 6.38. The molecule has 1 rings (SSSR count). The lowest BCUT2D eigenvalue weighted by Gasteiger charge is -2.40. The first kappa shape index (κ1) is 21.2. The van der Waals surface area contributed by atoms with E-state index in [1.807, 2.05) is 0 Å². The van der Waals surface area contributed by atoms with Crippen LogP contribution in [-0.4, -0.2) is 36.7 Å². The minimum absolute atomic E-state index is 0.408. The molecule has 0 aromatic rings. The van der Waals surface area contributed by atoms with Crippen LogP contribution in [0.5, 0.6) is 0 Å². The lowest BCUT2D eigenvalue weighted by atomic mass is 9.90. The summed E-state index contributed by atoms with van der Waals surface area (Å²) in [6.45, 7) is 14.2. The number of rotatable bonds is 10. The van der Waals surface area contributed by atoms with Crippen molar-refractivity contribution < 1.29 is 4.74 Å². The molecule has 0 radical (unpaired) electrons. The normalized spacial score (nSPS) is 23.2. The molecular weight excluding hydrogens is 294 g/mol. The van der Waals surface area contributed by atoms with Gasteiger partial charge in [-0.2, -0.15) is 0 Å². The molecule has 1 fully saturated rings. The zero-order valence-corrected chi connectivity index (χ0v) is 16.6. The fourth-order valence-electron chi connectivity index (χ4n) is 3.64. The lowest BCUT2D eigenvalue weighted by Crippen LogP contribution is -2.48. The van der Waals surface area contributed by atoms with Gasteiger partial charge in [0, 0.05) is 12.6 Å². The smallest absolute Gasteiger partial charge is 0.0730 e. The van der Waals surface area contributed by atoms with Crippen LogP contribution in [0.2, 0.25) is 0 Å². The second kappa shape index (κ2) is 12.5. The SMILES string of the molecule is C\C=C/C=C(\C=C/C)CCOC1CCCCC1N(CC)CC(C)C. The minimum atomic E-state index is 0.408. The third kappa shape index (κ3) is 7.81. The van der Waals surface area contributed by atoms with E-state index in [9.17, 15) is 0 Å². The van der Waals surface area contributed by atoms with Gasteiger partial charge in [-0.1, -0.05) is 64.0 Å². The van der Waals surface area contributed by atoms with Gasteiger partial charge in [0.2, 0.25) is 0 Å². The number of allylic oxidation sites excluding steroid dienone is 5. The molecule has 138 valence electrons. The molecule has 0 amide bonds. The van der Waals surface area contributed by atoms with Crippen LogP contribution in [0.3, 0.4) is 0 Å². The van der Waals surface area contributed by atoms with Gasteiger partial charge in [-0.15, -0.1) is 0 Å². The Morgan fingerprint density at radius 2 is 1.92 bits per heavy atom. The second-order valence-corrected chi connectivity index (χ2v) is 7.26. The van der Waals surface area contributed by atoms with Crippen molar-refractivity contribution in [3.05, 3.63) is 36.0 Å². The standard InChI is InChI=1S/C22H39NO/c1-6-9-13-20(12-7-2)16-17-24-22-15-11-10-14-21(22)23(8-3)18-19(4)5/h6-7,9,12-13,19,21-22H,8,10-11,14-18H2,1-5H3/b9-6-,12-7-,20-13+. The van der Waals surface area contributed by atoms with E-state index < -0.39 is 0 Å². The first-order chi connectivity index (χ1) is 11.6. The van der Waals surface area contributed by atoms with Gasteiger partial charge in [0.05, 0.1) is 12.7 Å². The van der Waals surface area contributed by atoms with E-state index in [-0.39, 0.29) is 0 Å². The largest absolute Gasteiger partial charge is 0.376 e. The van der Waals surface area contributed by atoms with E-state index in [2.05, 4.69) is 69.9 Å². The van der Waals surface area contributed by atoms with E-state index in [4.69, 9.17) is 4.74 Å². The van der Waals surface area contributed by atoms with Crippen LogP contribution in [0.25, 0.3) is 0 Å². The first-order valence-corrected chi connectivity index (χ1v) is 9.92. The molecule has 2 atom stereocenters. The van der Waals surface area contributed by atoms with Crippen molar-refractivity contribution in [2.75, 3.05) is 19.7 Å². The summed E-state index contributed by atoms with van der Waals surface area (Å²) in [4.78, 5) is 2.65. The van der Waals surface area contributed by atoms with Crippen molar-refractivity contribution in [3.8, 4) is 0 Å². The summed E-state index contributed by atoms with van der Waals surface area (Å²) in [6.07, 6.45) is 17.3. The molecule has 0 N–H and O–H groups in total. The summed E-state index contributed by atoms with van der Waals surface area (Å²) in [7, 11) is 0. The second-order valence-electron chi connectivity index (χ2n) is 7.26. The average Bonchev–Trinajstić information content (AvgIpc) is 2.58. The van der Waals surface area contributed by atoms with Gasteiger partial charge < -0.3 is 4.74 Å². The number of ether oxygens (including phenoxy) is 1. The molecule has 24 heavy (non-hydrogen) atoms. The monoisotopic (exact) mass is 333 g/mol. The highest BCUT2D eigenvalue weighted by Gasteiger charge is 2.30. The molecule has 0 heterocycles. The Kier molecular flexibility index (Phi) is 11.0. The Morgan fingerprint density at radius 3 is 2.54 bits per heavy atom. The molecule has 0 aromatic heterocycles. The fraction of sp³-hybridized carbons (Fsp3) is 0.727. The maximum atomic E-state index is 6.38. The predicted octanol–water partition coefficient (Wildman–Crippen LogP) is 5.76. The highest BCUT2D eigenvalue weighted by Crippen LogP contribution is 2.26. The van der Waals surface area contributed by atoms with Crippen LogP contribution in [0.4, 0.5) is 0 Å². The zero-order chi connectivity index (χ0) is 17.8. The van der Waals surface area contributed by atoms with Crippen LogP contribution in [0.15, 0.2) is 36.0 Å². The van der Waals surface area contributed by atoms with Gasteiger partial charge in [0.25, 0.3) is 0 Å². The quantitative estimate of drug-likeness (QED) is 0.471. The van der Waals surface area contributed by atoms with Crippen molar-refractivity contribution in [1.29, 1.82) is 0 Å². The zero-order valence-electron chi connectivity index (χ0n) is 16.6. The first-order valence-electron chi connectivity index (χ1n) is 9.92. The van der Waals surface area contributed by atoms with Crippen LogP contribution in [0, 0.1) is 5.92 Å². The third-order valence-electron chi connectivity index (χ3n) is 4.75.